The number of carbonyl (C=O) groups is 3. The van der Waals surface area contributed by atoms with Crippen LogP contribution in [-0.2, 0) is 20.7 Å². The maximum absolute atomic E-state index is 13.7. The van der Waals surface area contributed by atoms with E-state index in [1.807, 2.05) is 0 Å². The van der Waals surface area contributed by atoms with Gasteiger partial charge in [-0.2, -0.15) is 0 Å². The summed E-state index contributed by atoms with van der Waals surface area (Å²) in [4.78, 5) is 39.6. The van der Waals surface area contributed by atoms with Crippen molar-refractivity contribution >= 4 is 17.7 Å². The molecule has 1 heterocycles. The number of ether oxygens (including phenoxy) is 3. The van der Waals surface area contributed by atoms with E-state index >= 15 is 0 Å². The Kier molecular flexibility index (Phi) is 6.92. The molecule has 1 aromatic heterocycles. The smallest absolute Gasteiger partial charge is 0.340 e. The summed E-state index contributed by atoms with van der Waals surface area (Å²) in [6.45, 7) is 4.59. The van der Waals surface area contributed by atoms with Gasteiger partial charge in [-0.25, -0.2) is 9.18 Å². The Hall–Kier alpha value is -3.16. The van der Waals surface area contributed by atoms with Gasteiger partial charge in [0.2, 0.25) is 5.78 Å². The van der Waals surface area contributed by atoms with Crippen molar-refractivity contribution in [3.8, 4) is 5.75 Å². The monoisotopic (exact) mass is 391 g/mol. The third kappa shape index (κ3) is 4.76. The molecule has 2 rings (SSSR count). The number of benzene rings is 1. The Bertz CT molecular complexity index is 902. The van der Waals surface area contributed by atoms with Gasteiger partial charge in [-0.3, -0.25) is 9.59 Å². The topological polar surface area (TPSA) is 94.7 Å². The zero-order chi connectivity index (χ0) is 20.8. The molecule has 0 spiro atoms. The fourth-order valence-electron chi connectivity index (χ4n) is 2.84. The molecule has 0 aliphatic heterocycles. The number of ketones is 1. The second-order valence-corrected chi connectivity index (χ2v) is 6.08. The first-order valence-electron chi connectivity index (χ1n) is 8.66. The van der Waals surface area contributed by atoms with Gasteiger partial charge < -0.3 is 19.2 Å². The fraction of sp³-hybridized carbons (Fsp3) is 0.350. The van der Waals surface area contributed by atoms with E-state index in [9.17, 15) is 18.8 Å². The van der Waals surface area contributed by atoms with Gasteiger partial charge in [0.1, 0.15) is 0 Å². The number of aryl methyl sites for hydroxylation is 2. The van der Waals surface area contributed by atoms with Gasteiger partial charge in [0.05, 0.1) is 31.3 Å². The summed E-state index contributed by atoms with van der Waals surface area (Å²) in [5.74, 6) is -2.37. The Morgan fingerprint density at radius 2 is 1.75 bits per heavy atom. The molecule has 0 amide bonds. The van der Waals surface area contributed by atoms with Crippen molar-refractivity contribution in [3.63, 3.8) is 0 Å². The third-order valence-corrected chi connectivity index (χ3v) is 4.06. The molecule has 150 valence electrons. The maximum atomic E-state index is 13.7. The molecule has 0 fully saturated rings. The van der Waals surface area contributed by atoms with Crippen LogP contribution in [0.15, 0.2) is 18.2 Å². The summed E-state index contributed by atoms with van der Waals surface area (Å²) >= 11 is 0. The number of esters is 2. The first-order valence-corrected chi connectivity index (χ1v) is 8.66. The van der Waals surface area contributed by atoms with E-state index in [0.717, 1.165) is 0 Å². The summed E-state index contributed by atoms with van der Waals surface area (Å²) in [6.07, 6.45) is -0.204. The second-order valence-electron chi connectivity index (χ2n) is 6.08. The average molecular weight is 391 g/mol. The molecule has 2 aromatic rings. The van der Waals surface area contributed by atoms with Gasteiger partial charge >= 0.3 is 11.9 Å². The molecule has 1 aromatic carbocycles. The van der Waals surface area contributed by atoms with Crippen LogP contribution in [-0.4, -0.2) is 43.0 Å². The van der Waals surface area contributed by atoms with Crippen LogP contribution >= 0.6 is 0 Å². The molecule has 0 bridgehead atoms. The van der Waals surface area contributed by atoms with Crippen LogP contribution < -0.4 is 4.74 Å². The van der Waals surface area contributed by atoms with Crippen LogP contribution in [0.3, 0.4) is 0 Å². The third-order valence-electron chi connectivity index (χ3n) is 4.06. The van der Waals surface area contributed by atoms with Crippen molar-refractivity contribution in [1.82, 2.24) is 4.98 Å². The van der Waals surface area contributed by atoms with E-state index in [4.69, 9.17) is 14.2 Å². The molecule has 0 saturated heterocycles. The minimum atomic E-state index is -0.694. The molecular formula is C20H22FNO6. The summed E-state index contributed by atoms with van der Waals surface area (Å²) < 4.78 is 28.5. The highest BCUT2D eigenvalue weighted by molar-refractivity contribution is 6.09. The Balaban J connectivity index is 2.05. The molecule has 28 heavy (non-hydrogen) atoms. The quantitative estimate of drug-likeness (QED) is 0.549. The van der Waals surface area contributed by atoms with Crippen LogP contribution in [0.5, 0.6) is 5.75 Å². The summed E-state index contributed by atoms with van der Waals surface area (Å²) in [5.41, 5.74) is 1.65. The molecule has 8 heteroatoms. The number of hydrogen-bond donors (Lipinski definition) is 1. The Labute approximate surface area is 161 Å². The first kappa shape index (κ1) is 21.1. The first-order chi connectivity index (χ1) is 13.3. The number of halogens is 1. The van der Waals surface area contributed by atoms with Gasteiger partial charge in [0, 0.05) is 11.4 Å². The number of rotatable bonds is 8. The molecular weight excluding hydrogens is 369 g/mol. The van der Waals surface area contributed by atoms with Gasteiger partial charge in [-0.05, 0) is 38.5 Å². The van der Waals surface area contributed by atoms with Crippen LogP contribution in [0.2, 0.25) is 0 Å². The number of nitrogens with one attached hydrogen (secondary N) is 1. The number of hydrogen-bond acceptors (Lipinski definition) is 6. The lowest BCUT2D eigenvalue weighted by atomic mass is 10.1. The van der Waals surface area contributed by atoms with Crippen molar-refractivity contribution < 1.29 is 33.0 Å². The van der Waals surface area contributed by atoms with Crippen molar-refractivity contribution in [2.24, 2.45) is 0 Å². The van der Waals surface area contributed by atoms with Crippen molar-refractivity contribution in [2.75, 3.05) is 20.3 Å². The lowest BCUT2D eigenvalue weighted by molar-refractivity contribution is -0.141. The summed E-state index contributed by atoms with van der Waals surface area (Å²) in [5, 5.41) is 0. The SMILES string of the molecule is CCOC(=O)c1c(C)[nH]c(C)c1C(=O)COC(=O)Cc1ccc(OC)c(F)c1. The summed E-state index contributed by atoms with van der Waals surface area (Å²) in [7, 11) is 1.34. The zero-order valence-electron chi connectivity index (χ0n) is 16.2. The van der Waals surface area contributed by atoms with E-state index in [2.05, 4.69) is 4.98 Å². The standard InChI is InChI=1S/C20H22FNO6/c1-5-27-20(25)19-12(3)22-11(2)18(19)15(23)10-28-17(24)9-13-6-7-16(26-4)14(21)8-13/h6-8,22H,5,9-10H2,1-4H3. The molecule has 0 aliphatic carbocycles. The van der Waals surface area contributed by atoms with E-state index in [0.29, 0.717) is 17.0 Å². The van der Waals surface area contributed by atoms with E-state index in [-0.39, 0.29) is 29.9 Å². The number of Topliss-reactive ketones (excluding diaryl/α,β-unsaturated/α-hetero) is 1. The predicted molar refractivity (Wildman–Crippen MR) is 98.2 cm³/mol. The molecule has 7 nitrogen and oxygen atoms in total. The van der Waals surface area contributed by atoms with Crippen LogP contribution in [0.1, 0.15) is 44.6 Å². The van der Waals surface area contributed by atoms with Gasteiger partial charge in [0.15, 0.2) is 18.2 Å². The van der Waals surface area contributed by atoms with Gasteiger partial charge in [0.25, 0.3) is 0 Å². The van der Waals surface area contributed by atoms with E-state index in [1.54, 1.807) is 20.8 Å². The largest absolute Gasteiger partial charge is 0.494 e. The highest BCUT2D eigenvalue weighted by Crippen LogP contribution is 2.21. The predicted octanol–water partition coefficient (Wildman–Crippen LogP) is 2.92. The number of methoxy groups -OCH3 is 1. The molecule has 0 aliphatic rings. The van der Waals surface area contributed by atoms with Crippen molar-refractivity contribution in [3.05, 3.63) is 52.1 Å². The molecule has 0 unspecified atom stereocenters. The van der Waals surface area contributed by atoms with Crippen LogP contribution in [0.25, 0.3) is 0 Å². The van der Waals surface area contributed by atoms with Crippen molar-refractivity contribution in [1.29, 1.82) is 0 Å². The minimum absolute atomic E-state index is 0.0668. The minimum Gasteiger partial charge on any atom is -0.494 e. The summed E-state index contributed by atoms with van der Waals surface area (Å²) in [6, 6.07) is 4.10. The molecule has 1 N–H and O–H groups in total. The average Bonchev–Trinajstić information content (AvgIpc) is 2.94. The van der Waals surface area contributed by atoms with E-state index < -0.39 is 30.1 Å². The lowest BCUT2D eigenvalue weighted by Gasteiger charge is -2.08. The fourth-order valence-corrected chi connectivity index (χ4v) is 2.84. The number of carbonyl (C=O) groups excluding carboxylic acids is 3. The lowest BCUT2D eigenvalue weighted by Crippen LogP contribution is -2.19. The highest BCUT2D eigenvalue weighted by atomic mass is 19.1. The maximum Gasteiger partial charge on any atom is 0.340 e. The highest BCUT2D eigenvalue weighted by Gasteiger charge is 2.26. The Morgan fingerprint density at radius 3 is 2.36 bits per heavy atom. The zero-order valence-corrected chi connectivity index (χ0v) is 16.2. The van der Waals surface area contributed by atoms with Gasteiger partial charge in [-0.1, -0.05) is 6.07 Å². The van der Waals surface area contributed by atoms with Crippen LogP contribution in [0.4, 0.5) is 4.39 Å². The normalized spacial score (nSPS) is 10.5. The molecule has 0 saturated carbocycles. The number of aromatic amines is 1. The molecule has 0 atom stereocenters. The Morgan fingerprint density at radius 1 is 1.07 bits per heavy atom. The van der Waals surface area contributed by atoms with Crippen molar-refractivity contribution in [2.45, 2.75) is 27.2 Å². The van der Waals surface area contributed by atoms with Gasteiger partial charge in [-0.15, -0.1) is 0 Å². The second kappa shape index (κ2) is 9.16. The van der Waals surface area contributed by atoms with E-state index in [1.165, 1.54) is 25.3 Å². The number of H-pyrrole nitrogens is 1. The molecule has 0 radical (unpaired) electrons. The van der Waals surface area contributed by atoms with Crippen LogP contribution in [0, 0.1) is 19.7 Å². The number of aromatic nitrogens is 1.